The van der Waals surface area contributed by atoms with E-state index in [0.29, 0.717) is 0 Å². The van der Waals surface area contributed by atoms with Gasteiger partial charge in [0.05, 0.1) is 46.2 Å². The fraction of sp³-hybridized carbons (Fsp3) is 0. The van der Waals surface area contributed by atoms with E-state index in [1.54, 1.807) is 0 Å². The zero-order valence-corrected chi connectivity index (χ0v) is 25.2. The molecule has 0 saturated heterocycles. The number of para-hydroxylation sites is 1. The van der Waals surface area contributed by atoms with Crippen LogP contribution in [0.3, 0.4) is 0 Å². The molecule has 0 unspecified atom stereocenters. The number of imidazole rings is 4. The lowest BCUT2D eigenvalue weighted by atomic mass is 10.1. The number of benzene rings is 5. The molecule has 10 aromatic rings. The minimum absolute atomic E-state index is 0.872. The van der Waals surface area contributed by atoms with Crippen molar-refractivity contribution < 1.29 is 0 Å². The van der Waals surface area contributed by atoms with Gasteiger partial charge in [0.1, 0.15) is 0 Å². The number of fused-ring (bicyclic) bond motifs is 5. The van der Waals surface area contributed by atoms with Crippen LogP contribution in [-0.4, -0.2) is 32.5 Å². The topological polar surface area (TPSA) is 49.4 Å². The Morgan fingerprint density at radius 1 is 0.404 bits per heavy atom. The Bertz CT molecular complexity index is 2740. The van der Waals surface area contributed by atoms with Gasteiger partial charge in [0, 0.05) is 52.4 Å². The molecule has 0 atom stereocenters. The fourth-order valence-electron chi connectivity index (χ4n) is 6.97. The largest absolute Gasteiger partial charge is 0.309 e. The first-order valence-electron chi connectivity index (χ1n) is 15.7. The van der Waals surface area contributed by atoms with Crippen molar-refractivity contribution in [2.75, 3.05) is 0 Å². The van der Waals surface area contributed by atoms with Gasteiger partial charge in [-0.3, -0.25) is 17.9 Å². The third-order valence-corrected chi connectivity index (χ3v) is 9.16. The summed E-state index contributed by atoms with van der Waals surface area (Å²) in [6.45, 7) is 0. The molecule has 7 nitrogen and oxygen atoms in total. The van der Waals surface area contributed by atoms with Gasteiger partial charge in [-0.25, -0.2) is 9.97 Å². The molecule has 0 spiro atoms. The average molecular weight is 606 g/mol. The lowest BCUT2D eigenvalue weighted by molar-refractivity contribution is 1.06. The lowest BCUT2D eigenvalue weighted by Crippen LogP contribution is -1.99. The summed E-state index contributed by atoms with van der Waals surface area (Å²) in [4.78, 5) is 9.65. The zero-order chi connectivity index (χ0) is 30.9. The van der Waals surface area contributed by atoms with Crippen molar-refractivity contribution in [2.24, 2.45) is 0 Å². The molecule has 0 saturated carbocycles. The van der Waals surface area contributed by atoms with Gasteiger partial charge in [-0.1, -0.05) is 91.0 Å². The zero-order valence-electron chi connectivity index (χ0n) is 25.2. The van der Waals surface area contributed by atoms with Crippen molar-refractivity contribution >= 4 is 33.4 Å². The van der Waals surface area contributed by atoms with Gasteiger partial charge in [-0.2, -0.15) is 0 Å². The van der Waals surface area contributed by atoms with Crippen LogP contribution in [0.15, 0.2) is 165 Å². The second-order valence-corrected chi connectivity index (χ2v) is 11.8. The van der Waals surface area contributed by atoms with Crippen LogP contribution >= 0.6 is 0 Å². The van der Waals surface area contributed by atoms with E-state index < -0.39 is 0 Å². The molecule has 0 radical (unpaired) electrons. The molecule has 0 amide bonds. The van der Waals surface area contributed by atoms with E-state index in [0.717, 1.165) is 62.2 Å². The Morgan fingerprint density at radius 2 is 0.957 bits per heavy atom. The van der Waals surface area contributed by atoms with Crippen molar-refractivity contribution in [1.82, 2.24) is 32.5 Å². The molecular weight excluding hydrogens is 578 g/mol. The summed E-state index contributed by atoms with van der Waals surface area (Å²) in [6, 6.07) is 44.8. The van der Waals surface area contributed by atoms with E-state index in [2.05, 4.69) is 163 Å². The maximum atomic E-state index is 4.83. The molecule has 47 heavy (non-hydrogen) atoms. The lowest BCUT2D eigenvalue weighted by Gasteiger charge is -2.12. The molecule has 0 aliphatic rings. The standard InChI is InChI=1S/C40H27N7/c1-3-10-28(11-4-1)37-26-41-39-43(20-22-45(37)39)30-14-9-15-32(24-30)47-35-17-8-7-16-33(35)34-19-18-31(25-36(34)47)44-21-23-46-38(27-42-40(44)46)29-12-5-2-6-13-29/h1-27H. The third kappa shape index (κ3) is 3.87. The van der Waals surface area contributed by atoms with Crippen molar-refractivity contribution in [3.05, 3.63) is 165 Å². The van der Waals surface area contributed by atoms with Crippen LogP contribution in [0.1, 0.15) is 0 Å². The molecule has 0 aliphatic heterocycles. The molecule has 7 heteroatoms. The molecule has 0 bridgehead atoms. The normalized spacial score (nSPS) is 11.8. The smallest absolute Gasteiger partial charge is 0.219 e. The summed E-state index contributed by atoms with van der Waals surface area (Å²) < 4.78 is 11.0. The maximum Gasteiger partial charge on any atom is 0.219 e. The number of aromatic nitrogens is 7. The number of nitrogens with zero attached hydrogens (tertiary/aromatic N) is 7. The van der Waals surface area contributed by atoms with Crippen LogP contribution in [0.5, 0.6) is 0 Å². The Hall–Kier alpha value is -6.60. The summed E-state index contributed by atoms with van der Waals surface area (Å²) >= 11 is 0. The van der Waals surface area contributed by atoms with Gasteiger partial charge in [-0.05, 0) is 36.4 Å². The SMILES string of the molecule is c1ccc(-c2cnc3n(-c4cccc(-n5c6ccccc6c6ccc(-n7ccn8c(-c9ccccc9)cnc78)cc65)c4)ccn23)cc1. The summed E-state index contributed by atoms with van der Waals surface area (Å²) in [5.41, 5.74) is 9.88. The monoisotopic (exact) mass is 605 g/mol. The Balaban J connectivity index is 1.12. The highest BCUT2D eigenvalue weighted by atomic mass is 15.2. The van der Waals surface area contributed by atoms with Crippen LogP contribution in [-0.2, 0) is 0 Å². The number of hydrogen-bond donors (Lipinski definition) is 0. The molecule has 0 fully saturated rings. The van der Waals surface area contributed by atoms with E-state index in [1.165, 1.54) is 10.8 Å². The van der Waals surface area contributed by atoms with Gasteiger partial charge in [-0.15, -0.1) is 0 Å². The molecule has 222 valence electrons. The van der Waals surface area contributed by atoms with E-state index in [1.807, 2.05) is 24.5 Å². The average Bonchev–Trinajstić information content (AvgIpc) is 3.95. The predicted molar refractivity (Wildman–Crippen MR) is 188 cm³/mol. The highest BCUT2D eigenvalue weighted by Crippen LogP contribution is 2.35. The van der Waals surface area contributed by atoms with Gasteiger partial charge in [0.15, 0.2) is 0 Å². The third-order valence-electron chi connectivity index (χ3n) is 9.16. The first-order valence-corrected chi connectivity index (χ1v) is 15.7. The van der Waals surface area contributed by atoms with Gasteiger partial charge in [0.25, 0.3) is 0 Å². The number of rotatable bonds is 5. The quantitative estimate of drug-likeness (QED) is 0.197. The molecule has 0 aliphatic carbocycles. The second-order valence-electron chi connectivity index (χ2n) is 11.8. The minimum Gasteiger partial charge on any atom is -0.309 e. The summed E-state index contributed by atoms with van der Waals surface area (Å²) in [5.74, 6) is 1.75. The predicted octanol–water partition coefficient (Wildman–Crippen LogP) is 8.99. The summed E-state index contributed by atoms with van der Waals surface area (Å²) in [6.07, 6.45) is 12.2. The van der Waals surface area contributed by atoms with Crippen LogP contribution in [0.2, 0.25) is 0 Å². The second kappa shape index (κ2) is 9.95. The molecule has 0 N–H and O–H groups in total. The van der Waals surface area contributed by atoms with Crippen molar-refractivity contribution in [1.29, 1.82) is 0 Å². The maximum absolute atomic E-state index is 4.83. The molecule has 5 aromatic heterocycles. The molecular formula is C40H27N7. The van der Waals surface area contributed by atoms with E-state index >= 15 is 0 Å². The van der Waals surface area contributed by atoms with Crippen LogP contribution < -0.4 is 0 Å². The molecule has 5 heterocycles. The fourth-order valence-corrected chi connectivity index (χ4v) is 6.97. The van der Waals surface area contributed by atoms with Crippen LogP contribution in [0.25, 0.3) is 72.9 Å². The summed E-state index contributed by atoms with van der Waals surface area (Å²) in [5, 5.41) is 2.42. The van der Waals surface area contributed by atoms with Crippen LogP contribution in [0.4, 0.5) is 0 Å². The van der Waals surface area contributed by atoms with Gasteiger partial charge in [0.2, 0.25) is 11.6 Å². The Kier molecular flexibility index (Phi) is 5.44. The van der Waals surface area contributed by atoms with Gasteiger partial charge < -0.3 is 4.57 Å². The van der Waals surface area contributed by atoms with Crippen molar-refractivity contribution in [3.8, 4) is 39.6 Å². The minimum atomic E-state index is 0.872. The van der Waals surface area contributed by atoms with Crippen molar-refractivity contribution in [2.45, 2.75) is 0 Å². The van der Waals surface area contributed by atoms with Gasteiger partial charge >= 0.3 is 0 Å². The Morgan fingerprint density at radius 3 is 1.62 bits per heavy atom. The van der Waals surface area contributed by atoms with E-state index in [4.69, 9.17) is 9.97 Å². The van der Waals surface area contributed by atoms with E-state index in [9.17, 15) is 0 Å². The highest BCUT2D eigenvalue weighted by molar-refractivity contribution is 6.09. The molecule has 5 aromatic carbocycles. The summed E-state index contributed by atoms with van der Waals surface area (Å²) in [7, 11) is 0. The van der Waals surface area contributed by atoms with E-state index in [-0.39, 0.29) is 0 Å². The van der Waals surface area contributed by atoms with Crippen molar-refractivity contribution in [3.63, 3.8) is 0 Å². The first-order chi connectivity index (χ1) is 23.3. The van der Waals surface area contributed by atoms with Crippen LogP contribution in [0, 0.1) is 0 Å². The number of hydrogen-bond acceptors (Lipinski definition) is 2. The molecule has 10 rings (SSSR count). The first kappa shape index (κ1) is 25.7. The highest BCUT2D eigenvalue weighted by Gasteiger charge is 2.17. The Labute approximate surface area is 269 Å².